The van der Waals surface area contributed by atoms with Crippen molar-refractivity contribution in [3.05, 3.63) is 65.3 Å². The third kappa shape index (κ3) is 4.46. The molecule has 0 bridgehead atoms. The van der Waals surface area contributed by atoms with Gasteiger partial charge in [0.25, 0.3) is 0 Å². The van der Waals surface area contributed by atoms with Gasteiger partial charge in [0.05, 0.1) is 16.8 Å². The van der Waals surface area contributed by atoms with Crippen LogP contribution >= 0.6 is 11.6 Å². The summed E-state index contributed by atoms with van der Waals surface area (Å²) >= 11 is 5.64. The van der Waals surface area contributed by atoms with Crippen LogP contribution in [0.5, 0.6) is 0 Å². The quantitative estimate of drug-likeness (QED) is 0.625. The molecule has 0 aliphatic heterocycles. The number of benzene rings is 2. The van der Waals surface area contributed by atoms with Crippen LogP contribution < -0.4 is 10.2 Å². The minimum Gasteiger partial charge on any atom is -0.325 e. The fourth-order valence-corrected chi connectivity index (χ4v) is 2.74. The van der Waals surface area contributed by atoms with E-state index < -0.39 is 11.7 Å². The molecule has 0 spiro atoms. The first-order valence-electron chi connectivity index (χ1n) is 8.04. The average molecular weight is 394 g/mol. The second kappa shape index (κ2) is 7.79. The number of hydrogen-bond donors (Lipinski definition) is 1. The first-order chi connectivity index (χ1) is 12.9. The molecule has 0 saturated heterocycles. The fraction of sp³-hybridized carbons (Fsp3) is 0.167. The lowest BCUT2D eigenvalue weighted by molar-refractivity contribution is -0.137. The Labute approximate surface area is 158 Å². The van der Waals surface area contributed by atoms with Gasteiger partial charge in [0, 0.05) is 17.9 Å². The van der Waals surface area contributed by atoms with Crippen LogP contribution in [-0.4, -0.2) is 21.7 Å². The van der Waals surface area contributed by atoms with Crippen molar-refractivity contribution in [2.75, 3.05) is 16.8 Å². The molecule has 1 aromatic heterocycles. The summed E-state index contributed by atoms with van der Waals surface area (Å²) in [4.78, 5) is 6.26. The van der Waals surface area contributed by atoms with E-state index in [1.807, 2.05) is 42.2 Å². The number of rotatable bonds is 5. The molecule has 3 aromatic rings. The van der Waals surface area contributed by atoms with Crippen LogP contribution in [0.25, 0.3) is 0 Å². The molecule has 5 nitrogen and oxygen atoms in total. The molecule has 0 fully saturated rings. The Hall–Kier alpha value is -2.87. The lowest BCUT2D eigenvalue weighted by Gasteiger charge is -2.21. The van der Waals surface area contributed by atoms with E-state index >= 15 is 0 Å². The highest BCUT2D eigenvalue weighted by Crippen LogP contribution is 2.36. The molecule has 27 heavy (non-hydrogen) atoms. The molecule has 0 amide bonds. The molecule has 0 unspecified atom stereocenters. The Morgan fingerprint density at radius 2 is 1.85 bits per heavy atom. The Morgan fingerprint density at radius 3 is 2.52 bits per heavy atom. The molecule has 9 heteroatoms. The summed E-state index contributed by atoms with van der Waals surface area (Å²) < 4.78 is 39.0. The van der Waals surface area contributed by atoms with Crippen LogP contribution in [0.2, 0.25) is 5.02 Å². The number of nitrogens with zero attached hydrogens (tertiary/aromatic N) is 4. The van der Waals surface area contributed by atoms with Gasteiger partial charge >= 0.3 is 6.18 Å². The number of hydrogen-bond acceptors (Lipinski definition) is 5. The van der Waals surface area contributed by atoms with Crippen molar-refractivity contribution in [2.45, 2.75) is 13.1 Å². The number of para-hydroxylation sites is 1. The highest BCUT2D eigenvalue weighted by molar-refractivity contribution is 6.31. The largest absolute Gasteiger partial charge is 0.417 e. The van der Waals surface area contributed by atoms with Gasteiger partial charge in [-0.15, -0.1) is 5.10 Å². The molecule has 0 radical (unpaired) electrons. The van der Waals surface area contributed by atoms with Crippen LogP contribution in [-0.2, 0) is 6.18 Å². The highest BCUT2D eigenvalue weighted by atomic mass is 35.5. The van der Waals surface area contributed by atoms with Gasteiger partial charge in [0.1, 0.15) is 0 Å². The molecule has 0 saturated carbocycles. The van der Waals surface area contributed by atoms with E-state index in [1.165, 1.54) is 18.3 Å². The van der Waals surface area contributed by atoms with Crippen LogP contribution in [0.15, 0.2) is 54.7 Å². The number of anilines is 4. The molecule has 0 aliphatic rings. The summed E-state index contributed by atoms with van der Waals surface area (Å²) in [6.07, 6.45) is -3.06. The zero-order chi connectivity index (χ0) is 19.4. The SMILES string of the molecule is CCN(c1ccccc1)c1cnnc(Nc2ccc(Cl)c(C(F)(F)F)c2)n1. The lowest BCUT2D eigenvalue weighted by atomic mass is 10.2. The van der Waals surface area contributed by atoms with Gasteiger partial charge in [0.2, 0.25) is 5.95 Å². The maximum Gasteiger partial charge on any atom is 0.417 e. The Balaban J connectivity index is 1.88. The lowest BCUT2D eigenvalue weighted by Crippen LogP contribution is -2.18. The van der Waals surface area contributed by atoms with E-state index in [2.05, 4.69) is 20.5 Å². The highest BCUT2D eigenvalue weighted by Gasteiger charge is 2.33. The smallest absolute Gasteiger partial charge is 0.325 e. The van der Waals surface area contributed by atoms with Crippen LogP contribution in [0.3, 0.4) is 0 Å². The molecule has 1 N–H and O–H groups in total. The van der Waals surface area contributed by atoms with E-state index in [0.717, 1.165) is 11.8 Å². The first kappa shape index (κ1) is 18.9. The van der Waals surface area contributed by atoms with Crippen molar-refractivity contribution in [3.63, 3.8) is 0 Å². The normalized spacial score (nSPS) is 11.3. The molecule has 3 rings (SSSR count). The third-order valence-corrected chi connectivity index (χ3v) is 4.06. The average Bonchev–Trinajstić information content (AvgIpc) is 2.64. The van der Waals surface area contributed by atoms with E-state index in [9.17, 15) is 13.2 Å². The van der Waals surface area contributed by atoms with Gasteiger partial charge in [-0.3, -0.25) is 0 Å². The molecule has 0 aliphatic carbocycles. The van der Waals surface area contributed by atoms with E-state index in [-0.39, 0.29) is 16.7 Å². The van der Waals surface area contributed by atoms with Crippen LogP contribution in [0.1, 0.15) is 12.5 Å². The second-order valence-corrected chi connectivity index (χ2v) is 5.94. The molecule has 140 valence electrons. The van der Waals surface area contributed by atoms with Crippen LogP contribution in [0.4, 0.5) is 36.3 Å². The van der Waals surface area contributed by atoms with E-state index in [4.69, 9.17) is 11.6 Å². The van der Waals surface area contributed by atoms with Gasteiger partial charge in [0.15, 0.2) is 5.82 Å². The van der Waals surface area contributed by atoms with Gasteiger partial charge < -0.3 is 10.2 Å². The monoisotopic (exact) mass is 393 g/mol. The van der Waals surface area contributed by atoms with Crippen LogP contribution in [0, 0.1) is 0 Å². The summed E-state index contributed by atoms with van der Waals surface area (Å²) in [5.41, 5.74) is 0.142. The van der Waals surface area contributed by atoms with Gasteiger partial charge in [-0.25, -0.2) is 0 Å². The topological polar surface area (TPSA) is 53.9 Å². The summed E-state index contributed by atoms with van der Waals surface area (Å²) in [6, 6.07) is 13.1. The second-order valence-electron chi connectivity index (χ2n) is 5.54. The van der Waals surface area contributed by atoms with Crippen molar-refractivity contribution in [2.24, 2.45) is 0 Å². The van der Waals surface area contributed by atoms with E-state index in [0.29, 0.717) is 12.4 Å². The molecule has 1 heterocycles. The van der Waals surface area contributed by atoms with Gasteiger partial charge in [-0.05, 0) is 37.3 Å². The summed E-state index contributed by atoms with van der Waals surface area (Å²) in [5, 5.41) is 10.1. The Kier molecular flexibility index (Phi) is 5.46. The standard InChI is InChI=1S/C18H15ClF3N5/c1-2-27(13-6-4-3-5-7-13)16-11-23-26-17(25-16)24-12-8-9-15(19)14(10-12)18(20,21)22/h3-11H,2H2,1H3,(H,24,25,26). The van der Waals surface area contributed by atoms with E-state index in [1.54, 1.807) is 0 Å². The summed E-state index contributed by atoms with van der Waals surface area (Å²) in [5.74, 6) is 0.600. The summed E-state index contributed by atoms with van der Waals surface area (Å²) in [7, 11) is 0. The summed E-state index contributed by atoms with van der Waals surface area (Å²) in [6.45, 7) is 2.58. The van der Waals surface area contributed by atoms with Crippen molar-refractivity contribution >= 4 is 34.7 Å². The number of nitrogens with one attached hydrogen (secondary N) is 1. The minimum absolute atomic E-state index is 0.0809. The third-order valence-electron chi connectivity index (χ3n) is 3.73. The molecule has 2 aromatic carbocycles. The zero-order valence-electron chi connectivity index (χ0n) is 14.2. The zero-order valence-corrected chi connectivity index (χ0v) is 15.0. The molecule has 0 atom stereocenters. The minimum atomic E-state index is -4.55. The van der Waals surface area contributed by atoms with Crippen molar-refractivity contribution in [1.82, 2.24) is 15.2 Å². The molecular formula is C18H15ClF3N5. The predicted molar refractivity (Wildman–Crippen MR) is 98.7 cm³/mol. The van der Waals surface area contributed by atoms with Crippen molar-refractivity contribution < 1.29 is 13.2 Å². The maximum absolute atomic E-state index is 13.0. The predicted octanol–water partition coefficient (Wildman–Crippen LogP) is 5.45. The fourth-order valence-electron chi connectivity index (χ4n) is 2.51. The number of aromatic nitrogens is 3. The number of alkyl halides is 3. The molecular weight excluding hydrogens is 379 g/mol. The van der Waals surface area contributed by atoms with Crippen molar-refractivity contribution in [1.29, 1.82) is 0 Å². The van der Waals surface area contributed by atoms with Crippen molar-refractivity contribution in [3.8, 4) is 0 Å². The van der Waals surface area contributed by atoms with Gasteiger partial charge in [-0.2, -0.15) is 23.3 Å². The van der Waals surface area contributed by atoms with Gasteiger partial charge in [-0.1, -0.05) is 29.8 Å². The number of halogens is 4. The Morgan fingerprint density at radius 1 is 1.11 bits per heavy atom. The Bertz CT molecular complexity index is 918. The first-order valence-corrected chi connectivity index (χ1v) is 8.42. The maximum atomic E-state index is 13.0.